The van der Waals surface area contributed by atoms with Gasteiger partial charge in [0.2, 0.25) is 11.5 Å². The van der Waals surface area contributed by atoms with Crippen LogP contribution >= 0.6 is 0 Å². The van der Waals surface area contributed by atoms with Gasteiger partial charge >= 0.3 is 5.95 Å². The Kier molecular flexibility index (Phi) is 7.70. The molecular formula is C25H29FN7O4+. The van der Waals surface area contributed by atoms with Crippen LogP contribution in [0.2, 0.25) is 0 Å². The van der Waals surface area contributed by atoms with Crippen molar-refractivity contribution >= 4 is 40.1 Å². The quantitative estimate of drug-likeness (QED) is 0.206. The molecule has 0 saturated carbocycles. The number of rotatable bonds is 11. The minimum atomic E-state index is -0.703. The van der Waals surface area contributed by atoms with Crippen LogP contribution in [0.5, 0.6) is 11.5 Å². The summed E-state index contributed by atoms with van der Waals surface area (Å²) < 4.78 is 25.2. The molecule has 2 heterocycles. The highest BCUT2D eigenvalue weighted by Crippen LogP contribution is 2.32. The number of benzene rings is 2. The number of nitrogens with one attached hydrogen (secondary N) is 4. The van der Waals surface area contributed by atoms with Crippen molar-refractivity contribution in [2.24, 2.45) is 5.73 Å². The summed E-state index contributed by atoms with van der Waals surface area (Å²) in [5, 5.41) is 17.0. The van der Waals surface area contributed by atoms with Crippen LogP contribution < -0.4 is 30.8 Å². The monoisotopic (exact) mass is 510 g/mol. The average Bonchev–Trinajstić information content (AvgIpc) is 3.31. The minimum Gasteiger partial charge on any atom is -0.493 e. The van der Waals surface area contributed by atoms with Crippen LogP contribution in [0.15, 0.2) is 48.7 Å². The number of H-pyrrole nitrogens is 2. The van der Waals surface area contributed by atoms with Crippen LogP contribution in [0.3, 0.4) is 0 Å². The number of anilines is 4. The first-order chi connectivity index (χ1) is 17.7. The molecule has 1 amide bonds. The van der Waals surface area contributed by atoms with E-state index in [1.165, 1.54) is 19.2 Å². The summed E-state index contributed by atoms with van der Waals surface area (Å²) in [5.74, 6) is 0.480. The highest BCUT2D eigenvalue weighted by Gasteiger charge is 2.19. The molecule has 2 aromatic carbocycles. The Morgan fingerprint density at radius 3 is 2.76 bits per heavy atom. The van der Waals surface area contributed by atoms with Gasteiger partial charge in [0.05, 0.1) is 23.7 Å². The maximum absolute atomic E-state index is 13.9. The lowest BCUT2D eigenvalue weighted by molar-refractivity contribution is -0.333. The molecule has 7 N–H and O–H groups in total. The van der Waals surface area contributed by atoms with Crippen LogP contribution in [0.4, 0.5) is 27.5 Å². The minimum absolute atomic E-state index is 0.118. The van der Waals surface area contributed by atoms with Crippen molar-refractivity contribution in [1.82, 2.24) is 14.9 Å². The lowest BCUT2D eigenvalue weighted by atomic mass is 10.1. The Labute approximate surface area is 212 Å². The number of aromatic nitrogens is 3. The number of methoxy groups -OCH3 is 1. The molecule has 0 spiro atoms. The van der Waals surface area contributed by atoms with Gasteiger partial charge in [0.1, 0.15) is 30.0 Å². The second kappa shape index (κ2) is 11.1. The second-order valence-electron chi connectivity index (χ2n) is 8.59. The number of likely N-dealkylation sites (N-methyl/N-ethyl adjacent to an activating group) is 1. The number of carbonyl (C=O) groups excluding carboxylic acids is 1. The number of aliphatic hydroxyl groups excluding tert-OH is 1. The normalized spacial score (nSPS) is 11.9. The number of ether oxygens (including phenoxy) is 2. The zero-order valence-electron chi connectivity index (χ0n) is 20.6. The zero-order valence-corrected chi connectivity index (χ0v) is 20.6. The molecule has 0 fully saturated rings. The topological polar surface area (TPSA) is 152 Å². The van der Waals surface area contributed by atoms with E-state index in [0.717, 1.165) is 6.07 Å². The predicted octanol–water partition coefficient (Wildman–Crippen LogP) is 2.41. The molecule has 4 rings (SSSR count). The number of carbonyl (C=O) groups is 1. The molecule has 0 bridgehead atoms. The number of aromatic amines is 2. The first kappa shape index (κ1) is 25.7. The molecule has 37 heavy (non-hydrogen) atoms. The first-order valence-corrected chi connectivity index (χ1v) is 11.4. The highest BCUT2D eigenvalue weighted by atomic mass is 19.1. The fraction of sp³-hybridized carbons (Fsp3) is 0.240. The molecular weight excluding hydrogens is 481 g/mol. The number of fused-ring (bicyclic) bond motifs is 1. The number of nitrogens with two attached hydrogens (primary N) is 1. The van der Waals surface area contributed by atoms with Crippen LogP contribution in [0.25, 0.3) is 11.0 Å². The number of amides is 1. The molecule has 4 aromatic rings. The third-order valence-corrected chi connectivity index (χ3v) is 5.41. The largest absolute Gasteiger partial charge is 0.493 e. The second-order valence-corrected chi connectivity index (χ2v) is 8.59. The summed E-state index contributed by atoms with van der Waals surface area (Å²) >= 11 is 0. The number of aliphatic hydroxyl groups is 1. The molecule has 0 aliphatic heterocycles. The molecule has 0 aliphatic rings. The van der Waals surface area contributed by atoms with Gasteiger partial charge in [0, 0.05) is 18.8 Å². The molecule has 11 nitrogen and oxygen atoms in total. The molecule has 0 aliphatic carbocycles. The van der Waals surface area contributed by atoms with E-state index in [4.69, 9.17) is 15.2 Å². The molecule has 0 saturated heterocycles. The number of primary amides is 1. The van der Waals surface area contributed by atoms with Crippen molar-refractivity contribution in [2.45, 2.75) is 6.10 Å². The fourth-order valence-corrected chi connectivity index (χ4v) is 3.77. The predicted molar refractivity (Wildman–Crippen MR) is 137 cm³/mol. The molecule has 194 valence electrons. The van der Waals surface area contributed by atoms with Crippen LogP contribution in [0, 0.1) is 5.82 Å². The van der Waals surface area contributed by atoms with Crippen molar-refractivity contribution in [3.63, 3.8) is 0 Å². The van der Waals surface area contributed by atoms with E-state index in [2.05, 4.69) is 25.6 Å². The third-order valence-electron chi connectivity index (χ3n) is 5.41. The van der Waals surface area contributed by atoms with E-state index in [1.807, 2.05) is 19.0 Å². The van der Waals surface area contributed by atoms with Crippen LogP contribution in [0.1, 0.15) is 10.4 Å². The highest BCUT2D eigenvalue weighted by molar-refractivity contribution is 6.00. The lowest BCUT2D eigenvalue weighted by Crippen LogP contribution is -2.30. The SMILES string of the molecule is COc1ccc(OC[C@@H](O)CN(C)C)cc1Nc1nc(Nc2cc(F)ccc2C(N)=O)c2cc[nH]c2[nH+]1. The number of halogens is 1. The van der Waals surface area contributed by atoms with Crippen molar-refractivity contribution in [1.29, 1.82) is 0 Å². The summed E-state index contributed by atoms with van der Waals surface area (Å²) in [6, 6.07) is 10.6. The van der Waals surface area contributed by atoms with E-state index in [9.17, 15) is 14.3 Å². The maximum Gasteiger partial charge on any atom is 0.351 e. The van der Waals surface area contributed by atoms with Gasteiger partial charge in [-0.1, -0.05) is 4.98 Å². The Hall–Kier alpha value is -4.42. The third kappa shape index (κ3) is 6.23. The molecule has 0 unspecified atom stereocenters. The summed E-state index contributed by atoms with van der Waals surface area (Å²) in [6.45, 7) is 0.585. The van der Waals surface area contributed by atoms with Crippen molar-refractivity contribution in [3.05, 3.63) is 60.0 Å². The molecule has 2 aromatic heterocycles. The number of hydrogen-bond donors (Lipinski definition) is 5. The van der Waals surface area contributed by atoms with Gasteiger partial charge in [0.15, 0.2) is 5.75 Å². The van der Waals surface area contributed by atoms with Gasteiger partial charge in [0.25, 0.3) is 5.91 Å². The smallest absolute Gasteiger partial charge is 0.351 e. The van der Waals surface area contributed by atoms with E-state index < -0.39 is 17.8 Å². The van der Waals surface area contributed by atoms with Gasteiger partial charge in [-0.15, -0.1) is 0 Å². The van der Waals surface area contributed by atoms with Gasteiger partial charge in [-0.2, -0.15) is 0 Å². The Morgan fingerprint density at radius 1 is 1.22 bits per heavy atom. The summed E-state index contributed by atoms with van der Waals surface area (Å²) in [7, 11) is 5.28. The fourth-order valence-electron chi connectivity index (χ4n) is 3.77. The van der Waals surface area contributed by atoms with Crippen LogP contribution in [-0.2, 0) is 0 Å². The zero-order chi connectivity index (χ0) is 26.5. The van der Waals surface area contributed by atoms with Crippen LogP contribution in [-0.4, -0.2) is 66.3 Å². The summed E-state index contributed by atoms with van der Waals surface area (Å²) in [5.41, 5.74) is 6.94. The van der Waals surface area contributed by atoms with Crippen molar-refractivity contribution < 1.29 is 28.7 Å². The lowest BCUT2D eigenvalue weighted by Gasteiger charge is -2.17. The Morgan fingerprint density at radius 2 is 2.03 bits per heavy atom. The summed E-state index contributed by atoms with van der Waals surface area (Å²) in [4.78, 5) is 24.6. The standard InChI is InChI=1S/C25H28FN7O4/c1-33(2)12-15(34)13-37-16-5-7-21(36-3)20(11-16)30-25-31-23-18(8-9-28-23)24(32-25)29-19-10-14(26)4-6-17(19)22(27)35/h4-11,15,34H,12-13H2,1-3H3,(H2,27,35)(H3,28,29,30,31,32)/p+1/t15-/m0/s1. The molecule has 1 atom stereocenters. The van der Waals surface area contributed by atoms with E-state index >= 15 is 0 Å². The van der Waals surface area contributed by atoms with Gasteiger partial charge in [-0.3, -0.25) is 15.1 Å². The average molecular weight is 511 g/mol. The van der Waals surface area contributed by atoms with Gasteiger partial charge < -0.3 is 30.5 Å². The van der Waals surface area contributed by atoms with Gasteiger partial charge in [-0.05, 0) is 50.5 Å². The van der Waals surface area contributed by atoms with Crippen molar-refractivity contribution in [2.75, 3.05) is 45.0 Å². The Bertz CT molecular complexity index is 1410. The summed E-state index contributed by atoms with van der Waals surface area (Å²) in [6.07, 6.45) is 1.06. The molecule has 12 heteroatoms. The number of hydrogen-bond acceptors (Lipinski definition) is 8. The first-order valence-electron chi connectivity index (χ1n) is 11.4. The van der Waals surface area contributed by atoms with Gasteiger partial charge in [-0.25, -0.2) is 9.37 Å². The molecule has 0 radical (unpaired) electrons. The van der Waals surface area contributed by atoms with E-state index in [-0.39, 0.29) is 17.9 Å². The Balaban J connectivity index is 1.64. The van der Waals surface area contributed by atoms with E-state index in [0.29, 0.717) is 46.5 Å². The van der Waals surface area contributed by atoms with Crippen molar-refractivity contribution in [3.8, 4) is 11.5 Å². The maximum atomic E-state index is 13.9. The number of nitrogens with zero attached hydrogens (tertiary/aromatic N) is 2. The van der Waals surface area contributed by atoms with E-state index in [1.54, 1.807) is 30.5 Å².